The molecule has 2 aliphatic rings. The number of carbonyl (C=O) groups is 2. The van der Waals surface area contributed by atoms with Gasteiger partial charge in [0.05, 0.1) is 23.3 Å². The van der Waals surface area contributed by atoms with E-state index in [1.54, 1.807) is 18.3 Å². The highest BCUT2D eigenvalue weighted by atomic mass is 16.5. The number of hydrogen-bond donors (Lipinski definition) is 3. The van der Waals surface area contributed by atoms with Crippen molar-refractivity contribution < 1.29 is 19.1 Å². The summed E-state index contributed by atoms with van der Waals surface area (Å²) >= 11 is 0. The molecule has 4 rings (SSSR count). The van der Waals surface area contributed by atoms with Crippen molar-refractivity contribution >= 4 is 22.6 Å². The summed E-state index contributed by atoms with van der Waals surface area (Å²) < 4.78 is 11.9. The minimum absolute atomic E-state index is 0.0312. The Bertz CT molecular complexity index is 1110. The average molecular weight is 451 g/mol. The number of nitrogens with one attached hydrogen (secondary N) is 2. The van der Waals surface area contributed by atoms with Gasteiger partial charge in [-0.05, 0) is 58.3 Å². The van der Waals surface area contributed by atoms with E-state index >= 15 is 0 Å². The first-order valence-corrected chi connectivity index (χ1v) is 11.5. The molecule has 2 amide bonds. The van der Waals surface area contributed by atoms with E-state index in [4.69, 9.17) is 15.2 Å². The summed E-state index contributed by atoms with van der Waals surface area (Å²) in [4.78, 5) is 28.2. The zero-order valence-corrected chi connectivity index (χ0v) is 19.1. The van der Waals surface area contributed by atoms with E-state index in [-0.39, 0.29) is 18.1 Å². The van der Waals surface area contributed by atoms with E-state index in [2.05, 4.69) is 27.5 Å². The van der Waals surface area contributed by atoms with Crippen molar-refractivity contribution in [3.8, 4) is 23.5 Å². The van der Waals surface area contributed by atoms with Crippen molar-refractivity contribution in [2.45, 2.75) is 51.7 Å². The molecule has 8 heteroatoms. The number of piperidine rings is 1. The molecule has 4 N–H and O–H groups in total. The summed E-state index contributed by atoms with van der Waals surface area (Å²) in [5.74, 6) is 7.20. The smallest absolute Gasteiger partial charge is 0.252 e. The van der Waals surface area contributed by atoms with Crippen molar-refractivity contribution in [1.82, 2.24) is 15.6 Å². The van der Waals surface area contributed by atoms with Gasteiger partial charge in [0.1, 0.15) is 12.4 Å². The molecule has 8 nitrogen and oxygen atoms in total. The Morgan fingerprint density at radius 3 is 2.70 bits per heavy atom. The second-order valence-corrected chi connectivity index (χ2v) is 8.81. The number of amides is 2. The van der Waals surface area contributed by atoms with Gasteiger partial charge in [-0.15, -0.1) is 0 Å². The Labute approximate surface area is 193 Å². The number of rotatable bonds is 6. The molecule has 1 aromatic heterocycles. The standard InChI is InChI=1S/C25H30N4O4/c1-15(2)33-22-12-20-19(11-21(22)24(26)31)17(4-3-16-7-9-27-10-8-16)13-28-25(20)32-14-18-5-6-23(30)29-18/h11-13,15-16,18,27H,5-10,14H2,1-2H3,(H2,26,31)(H,29,30)/t18-/m0/s1. The van der Waals surface area contributed by atoms with Crippen molar-refractivity contribution in [3.05, 3.63) is 29.5 Å². The summed E-state index contributed by atoms with van der Waals surface area (Å²) in [7, 11) is 0. The third-order valence-electron chi connectivity index (χ3n) is 5.84. The first-order valence-electron chi connectivity index (χ1n) is 11.5. The zero-order chi connectivity index (χ0) is 23.4. The summed E-state index contributed by atoms with van der Waals surface area (Å²) in [5.41, 5.74) is 6.67. The molecular formula is C25H30N4O4. The van der Waals surface area contributed by atoms with Gasteiger partial charge in [-0.2, -0.15) is 0 Å². The van der Waals surface area contributed by atoms with Crippen LogP contribution in [0.15, 0.2) is 18.3 Å². The van der Waals surface area contributed by atoms with Gasteiger partial charge in [-0.3, -0.25) is 9.59 Å². The monoisotopic (exact) mass is 450 g/mol. The SMILES string of the molecule is CC(C)Oc1cc2c(OC[C@@H]3CCC(=O)N3)ncc(C#CC3CCNCC3)c2cc1C(N)=O. The number of hydrogen-bond acceptors (Lipinski definition) is 6. The van der Waals surface area contributed by atoms with Crippen LogP contribution < -0.4 is 25.8 Å². The molecule has 0 unspecified atom stereocenters. The molecule has 174 valence electrons. The molecule has 0 saturated carbocycles. The maximum atomic E-state index is 12.2. The van der Waals surface area contributed by atoms with E-state index in [0.717, 1.165) is 37.7 Å². The quantitative estimate of drug-likeness (QED) is 0.581. The van der Waals surface area contributed by atoms with Crippen LogP contribution in [0, 0.1) is 17.8 Å². The van der Waals surface area contributed by atoms with Crippen LogP contribution in [0.4, 0.5) is 0 Å². The third kappa shape index (κ3) is 5.55. The fraction of sp³-hybridized carbons (Fsp3) is 0.480. The molecule has 0 bridgehead atoms. The van der Waals surface area contributed by atoms with Crippen LogP contribution in [0.3, 0.4) is 0 Å². The van der Waals surface area contributed by atoms with Gasteiger partial charge in [-0.1, -0.05) is 11.8 Å². The molecule has 1 aromatic carbocycles. The van der Waals surface area contributed by atoms with Gasteiger partial charge in [0, 0.05) is 29.3 Å². The van der Waals surface area contributed by atoms with Crippen molar-refractivity contribution in [3.63, 3.8) is 0 Å². The minimum Gasteiger partial charge on any atom is -0.490 e. The molecule has 0 aliphatic carbocycles. The van der Waals surface area contributed by atoms with Crippen LogP contribution in [0.1, 0.15) is 55.5 Å². The molecule has 3 heterocycles. The predicted molar refractivity (Wildman–Crippen MR) is 125 cm³/mol. The lowest BCUT2D eigenvalue weighted by molar-refractivity contribution is -0.119. The summed E-state index contributed by atoms with van der Waals surface area (Å²) in [6.45, 7) is 6.00. The van der Waals surface area contributed by atoms with Crippen molar-refractivity contribution in [1.29, 1.82) is 0 Å². The van der Waals surface area contributed by atoms with Gasteiger partial charge in [0.25, 0.3) is 5.91 Å². The number of carbonyl (C=O) groups excluding carboxylic acids is 2. The average Bonchev–Trinajstić information content (AvgIpc) is 3.21. The number of ether oxygens (including phenoxy) is 2. The Morgan fingerprint density at radius 1 is 1.24 bits per heavy atom. The second-order valence-electron chi connectivity index (χ2n) is 8.81. The Morgan fingerprint density at radius 2 is 2.03 bits per heavy atom. The highest BCUT2D eigenvalue weighted by molar-refractivity contribution is 6.03. The molecule has 2 aromatic rings. The van der Waals surface area contributed by atoms with E-state index in [9.17, 15) is 9.59 Å². The molecule has 2 fully saturated rings. The third-order valence-corrected chi connectivity index (χ3v) is 5.84. The van der Waals surface area contributed by atoms with Crippen molar-refractivity contribution in [2.75, 3.05) is 19.7 Å². The molecule has 2 aliphatic heterocycles. The molecule has 1 atom stereocenters. The Balaban J connectivity index is 1.74. The maximum absolute atomic E-state index is 12.2. The summed E-state index contributed by atoms with van der Waals surface area (Å²) in [6.07, 6.45) is 4.77. The number of primary amides is 1. The van der Waals surface area contributed by atoms with Gasteiger partial charge < -0.3 is 25.8 Å². The summed E-state index contributed by atoms with van der Waals surface area (Å²) in [5, 5.41) is 7.67. The van der Waals surface area contributed by atoms with Gasteiger partial charge in [-0.25, -0.2) is 4.98 Å². The van der Waals surface area contributed by atoms with Gasteiger partial charge >= 0.3 is 0 Å². The largest absolute Gasteiger partial charge is 0.490 e. The van der Waals surface area contributed by atoms with Crippen LogP contribution in [-0.2, 0) is 4.79 Å². The van der Waals surface area contributed by atoms with E-state index in [1.165, 1.54) is 0 Å². The number of nitrogens with two attached hydrogens (primary N) is 1. The molecule has 33 heavy (non-hydrogen) atoms. The fourth-order valence-electron chi connectivity index (χ4n) is 4.13. The van der Waals surface area contributed by atoms with E-state index in [1.807, 2.05) is 13.8 Å². The van der Waals surface area contributed by atoms with Gasteiger partial charge in [0.2, 0.25) is 11.8 Å². The molecule has 0 spiro atoms. The van der Waals surface area contributed by atoms with E-state index in [0.29, 0.717) is 47.1 Å². The van der Waals surface area contributed by atoms with Crippen LogP contribution in [0.5, 0.6) is 11.6 Å². The normalized spacial score (nSPS) is 18.6. The van der Waals surface area contributed by atoms with Crippen LogP contribution in [0.2, 0.25) is 0 Å². The number of aromatic nitrogens is 1. The molecular weight excluding hydrogens is 420 g/mol. The Kier molecular flexibility index (Phi) is 6.99. The lowest BCUT2D eigenvalue weighted by Crippen LogP contribution is -2.31. The number of fused-ring (bicyclic) bond motifs is 1. The Hall–Kier alpha value is -3.31. The molecule has 2 saturated heterocycles. The first kappa shape index (κ1) is 22.9. The van der Waals surface area contributed by atoms with Crippen LogP contribution >= 0.6 is 0 Å². The zero-order valence-electron chi connectivity index (χ0n) is 19.1. The number of pyridine rings is 1. The van der Waals surface area contributed by atoms with Gasteiger partial charge in [0.15, 0.2) is 0 Å². The lowest BCUT2D eigenvalue weighted by Gasteiger charge is -2.18. The fourth-order valence-corrected chi connectivity index (χ4v) is 4.13. The first-order chi connectivity index (χ1) is 15.9. The van der Waals surface area contributed by atoms with Crippen molar-refractivity contribution in [2.24, 2.45) is 11.7 Å². The highest BCUT2D eigenvalue weighted by Crippen LogP contribution is 2.33. The number of benzene rings is 1. The topological polar surface area (TPSA) is 116 Å². The minimum atomic E-state index is -0.572. The van der Waals surface area contributed by atoms with Crippen LogP contribution in [-0.4, -0.2) is 48.6 Å². The second kappa shape index (κ2) is 10.1. The van der Waals surface area contributed by atoms with E-state index < -0.39 is 5.91 Å². The maximum Gasteiger partial charge on any atom is 0.252 e. The number of nitrogens with zero attached hydrogens (tertiary/aromatic N) is 1. The summed E-state index contributed by atoms with van der Waals surface area (Å²) in [6, 6.07) is 3.42. The predicted octanol–water partition coefficient (Wildman–Crippen LogP) is 2.13. The molecule has 0 radical (unpaired) electrons. The highest BCUT2D eigenvalue weighted by Gasteiger charge is 2.23. The lowest BCUT2D eigenvalue weighted by atomic mass is 9.97. The van der Waals surface area contributed by atoms with Crippen LogP contribution in [0.25, 0.3) is 10.8 Å².